The topological polar surface area (TPSA) is 50.2 Å². The number of aromatic carboxylic acids is 1. The molecular weight excluding hydrogens is 237 g/mol. The van der Waals surface area contributed by atoms with Crippen molar-refractivity contribution < 1.29 is 9.90 Å². The number of halogens is 2. The zero-order chi connectivity index (χ0) is 11.0. The molecular formula is C10H5Cl2NO2. The predicted molar refractivity (Wildman–Crippen MR) is 58.7 cm³/mol. The lowest BCUT2D eigenvalue weighted by molar-refractivity contribution is 0.0699. The summed E-state index contributed by atoms with van der Waals surface area (Å²) in [5.41, 5.74) is -0.0170. The van der Waals surface area contributed by atoms with E-state index in [-0.39, 0.29) is 15.9 Å². The molecule has 1 aromatic heterocycles. The first-order valence-electron chi connectivity index (χ1n) is 4.08. The van der Waals surface area contributed by atoms with E-state index in [2.05, 4.69) is 4.98 Å². The summed E-state index contributed by atoms with van der Waals surface area (Å²) in [6.07, 6.45) is 0. The van der Waals surface area contributed by atoms with Gasteiger partial charge in [-0.2, -0.15) is 0 Å². The molecule has 1 heterocycles. The minimum Gasteiger partial charge on any atom is -0.478 e. The van der Waals surface area contributed by atoms with Gasteiger partial charge in [-0.1, -0.05) is 47.5 Å². The number of rotatable bonds is 1. The highest BCUT2D eigenvalue weighted by atomic mass is 35.5. The number of fused-ring (bicyclic) bond motifs is 1. The molecule has 1 aromatic carbocycles. The van der Waals surface area contributed by atoms with Crippen molar-refractivity contribution in [2.75, 3.05) is 0 Å². The van der Waals surface area contributed by atoms with Crippen molar-refractivity contribution in [3.63, 3.8) is 0 Å². The third kappa shape index (κ3) is 1.64. The van der Waals surface area contributed by atoms with E-state index in [1.165, 1.54) is 0 Å². The van der Waals surface area contributed by atoms with Crippen LogP contribution < -0.4 is 0 Å². The molecule has 0 fully saturated rings. The summed E-state index contributed by atoms with van der Waals surface area (Å²) in [6, 6.07) is 6.84. The Labute approximate surface area is 95.3 Å². The average molecular weight is 242 g/mol. The molecule has 15 heavy (non-hydrogen) atoms. The standard InChI is InChI=1S/C10H5Cl2NO2/c11-8-6-4-2-1-3-5(6)7(10(14)15)9(12)13-8/h1-4H,(H,14,15). The van der Waals surface area contributed by atoms with Gasteiger partial charge in [0, 0.05) is 10.8 Å². The summed E-state index contributed by atoms with van der Waals surface area (Å²) in [5.74, 6) is -1.11. The molecule has 5 heteroatoms. The number of nitrogens with zero attached hydrogens (tertiary/aromatic N) is 1. The molecule has 1 N–H and O–H groups in total. The molecule has 0 saturated carbocycles. The lowest BCUT2D eigenvalue weighted by Gasteiger charge is -2.05. The molecule has 2 aromatic rings. The van der Waals surface area contributed by atoms with Crippen molar-refractivity contribution in [1.82, 2.24) is 4.98 Å². The molecule has 0 spiro atoms. The predicted octanol–water partition coefficient (Wildman–Crippen LogP) is 3.24. The fourth-order valence-corrected chi connectivity index (χ4v) is 1.96. The minimum atomic E-state index is -1.11. The summed E-state index contributed by atoms with van der Waals surface area (Å²) < 4.78 is 0. The second-order valence-electron chi connectivity index (χ2n) is 2.92. The smallest absolute Gasteiger partial charge is 0.339 e. The van der Waals surface area contributed by atoms with Crippen LogP contribution in [0.2, 0.25) is 10.3 Å². The van der Waals surface area contributed by atoms with Gasteiger partial charge in [0.15, 0.2) is 0 Å². The van der Waals surface area contributed by atoms with E-state index in [0.29, 0.717) is 10.8 Å². The Hall–Kier alpha value is -1.32. The fraction of sp³-hybridized carbons (Fsp3) is 0. The van der Waals surface area contributed by atoms with Crippen LogP contribution in [0.3, 0.4) is 0 Å². The van der Waals surface area contributed by atoms with Gasteiger partial charge in [-0.05, 0) is 0 Å². The third-order valence-electron chi connectivity index (χ3n) is 2.04. The molecule has 3 nitrogen and oxygen atoms in total. The number of hydrogen-bond donors (Lipinski definition) is 1. The summed E-state index contributed by atoms with van der Waals surface area (Å²) in [6.45, 7) is 0. The van der Waals surface area contributed by atoms with Gasteiger partial charge in [-0.3, -0.25) is 0 Å². The fourth-order valence-electron chi connectivity index (χ4n) is 1.40. The normalized spacial score (nSPS) is 10.5. The zero-order valence-electron chi connectivity index (χ0n) is 7.37. The van der Waals surface area contributed by atoms with Gasteiger partial charge >= 0.3 is 5.97 Å². The number of pyridine rings is 1. The molecule has 0 atom stereocenters. The van der Waals surface area contributed by atoms with E-state index in [4.69, 9.17) is 28.3 Å². The van der Waals surface area contributed by atoms with Crippen molar-refractivity contribution in [2.24, 2.45) is 0 Å². The van der Waals surface area contributed by atoms with E-state index < -0.39 is 5.97 Å². The highest BCUT2D eigenvalue weighted by Crippen LogP contribution is 2.29. The minimum absolute atomic E-state index is 0.0170. The van der Waals surface area contributed by atoms with E-state index in [0.717, 1.165) is 0 Å². The molecule has 0 amide bonds. The van der Waals surface area contributed by atoms with Gasteiger partial charge in [0.2, 0.25) is 0 Å². The Bertz CT molecular complexity index is 554. The lowest BCUT2D eigenvalue weighted by atomic mass is 10.1. The molecule has 0 radical (unpaired) electrons. The van der Waals surface area contributed by atoms with Crippen LogP contribution in [0, 0.1) is 0 Å². The lowest BCUT2D eigenvalue weighted by Crippen LogP contribution is -2.01. The third-order valence-corrected chi connectivity index (χ3v) is 2.60. The van der Waals surface area contributed by atoms with Crippen molar-refractivity contribution in [3.05, 3.63) is 40.1 Å². The number of aromatic nitrogens is 1. The molecule has 0 aliphatic rings. The van der Waals surface area contributed by atoms with Crippen LogP contribution in [0.1, 0.15) is 10.4 Å². The van der Waals surface area contributed by atoms with Crippen LogP contribution in [0.25, 0.3) is 10.8 Å². The number of carboxylic acid groups (broad SMARTS) is 1. The number of hydrogen-bond acceptors (Lipinski definition) is 2. The summed E-state index contributed by atoms with van der Waals surface area (Å²) in [7, 11) is 0. The quantitative estimate of drug-likeness (QED) is 0.781. The molecule has 0 saturated heterocycles. The maximum absolute atomic E-state index is 11.0. The first-order chi connectivity index (χ1) is 7.11. The highest BCUT2D eigenvalue weighted by molar-refractivity contribution is 6.38. The summed E-state index contributed by atoms with van der Waals surface area (Å²) in [4.78, 5) is 14.8. The summed E-state index contributed by atoms with van der Waals surface area (Å²) >= 11 is 11.6. The van der Waals surface area contributed by atoms with Crippen molar-refractivity contribution >= 4 is 39.9 Å². The van der Waals surface area contributed by atoms with Gasteiger partial charge in [0.25, 0.3) is 0 Å². The van der Waals surface area contributed by atoms with E-state index in [9.17, 15) is 4.79 Å². The Balaban J connectivity index is 2.96. The van der Waals surface area contributed by atoms with E-state index in [1.54, 1.807) is 24.3 Å². The zero-order valence-corrected chi connectivity index (χ0v) is 8.88. The number of benzene rings is 1. The molecule has 0 bridgehead atoms. The van der Waals surface area contributed by atoms with Crippen LogP contribution in [0.5, 0.6) is 0 Å². The molecule has 0 aliphatic carbocycles. The van der Waals surface area contributed by atoms with Crippen molar-refractivity contribution in [2.45, 2.75) is 0 Å². The van der Waals surface area contributed by atoms with Gasteiger partial charge in [0.05, 0.1) is 0 Å². The molecule has 0 aliphatic heterocycles. The second-order valence-corrected chi connectivity index (χ2v) is 3.64. The highest BCUT2D eigenvalue weighted by Gasteiger charge is 2.16. The van der Waals surface area contributed by atoms with Crippen molar-refractivity contribution in [3.8, 4) is 0 Å². The monoisotopic (exact) mass is 241 g/mol. The number of carboxylic acids is 1. The first kappa shape index (κ1) is 10.2. The summed E-state index contributed by atoms with van der Waals surface area (Å²) in [5, 5.41) is 10.2. The first-order valence-corrected chi connectivity index (χ1v) is 4.84. The van der Waals surface area contributed by atoms with Crippen LogP contribution in [0.4, 0.5) is 0 Å². The second kappa shape index (κ2) is 3.68. The maximum atomic E-state index is 11.0. The Morgan fingerprint density at radius 2 is 1.73 bits per heavy atom. The Kier molecular flexibility index (Phi) is 2.50. The van der Waals surface area contributed by atoms with Gasteiger partial charge in [-0.15, -0.1) is 0 Å². The van der Waals surface area contributed by atoms with Gasteiger partial charge < -0.3 is 5.11 Å². The average Bonchev–Trinajstić information content (AvgIpc) is 2.17. The Morgan fingerprint density at radius 3 is 2.33 bits per heavy atom. The van der Waals surface area contributed by atoms with Crippen LogP contribution in [-0.2, 0) is 0 Å². The molecule has 2 rings (SSSR count). The van der Waals surface area contributed by atoms with Crippen LogP contribution in [0.15, 0.2) is 24.3 Å². The van der Waals surface area contributed by atoms with Crippen LogP contribution in [-0.4, -0.2) is 16.1 Å². The maximum Gasteiger partial charge on any atom is 0.339 e. The SMILES string of the molecule is O=C(O)c1c(Cl)nc(Cl)c2ccccc12. The molecule has 76 valence electrons. The van der Waals surface area contributed by atoms with Crippen molar-refractivity contribution in [1.29, 1.82) is 0 Å². The number of carbonyl (C=O) groups is 1. The van der Waals surface area contributed by atoms with E-state index in [1.807, 2.05) is 0 Å². The largest absolute Gasteiger partial charge is 0.478 e. The van der Waals surface area contributed by atoms with E-state index >= 15 is 0 Å². The van der Waals surface area contributed by atoms with Gasteiger partial charge in [0.1, 0.15) is 15.9 Å². The van der Waals surface area contributed by atoms with Crippen LogP contribution >= 0.6 is 23.2 Å². The van der Waals surface area contributed by atoms with Gasteiger partial charge in [-0.25, -0.2) is 9.78 Å². The Morgan fingerprint density at radius 1 is 1.13 bits per heavy atom. The molecule has 0 unspecified atom stereocenters.